The van der Waals surface area contributed by atoms with E-state index in [1.54, 1.807) is 0 Å². The molecule has 0 spiro atoms. The monoisotopic (exact) mass is 375 g/mol. The highest BCUT2D eigenvalue weighted by Crippen LogP contribution is 2.49. The molecule has 1 aliphatic heterocycles. The van der Waals surface area contributed by atoms with Gasteiger partial charge in [0.1, 0.15) is 5.75 Å². The minimum Gasteiger partial charge on any atom is -0.508 e. The fraction of sp³-hybridized carbons (Fsp3) is 0.538. The second-order valence-electron chi connectivity index (χ2n) is 9.25. The molecular formula is C26H33NO. The van der Waals surface area contributed by atoms with Crippen molar-refractivity contribution in [3.63, 3.8) is 0 Å². The number of piperidine rings is 1. The standard InChI is InChI=1S/C26H33NO/c28-23-13-15-25-21(18-23)10-14-24(19-6-2-3-7-19)26(25)20-8-11-22(12-9-20)27-16-4-1-5-17-27/h8-9,11-13,15,18-19,24,26,28H,1-7,10,14,16-17H2/t24-,26+/m1/s1. The molecule has 0 radical (unpaired) electrons. The molecule has 0 aromatic heterocycles. The van der Waals surface area contributed by atoms with Gasteiger partial charge in [0.05, 0.1) is 0 Å². The Kier molecular flexibility index (Phi) is 5.05. The van der Waals surface area contributed by atoms with Crippen LogP contribution in [0.5, 0.6) is 5.75 Å². The van der Waals surface area contributed by atoms with Crippen LogP contribution in [-0.2, 0) is 6.42 Å². The van der Waals surface area contributed by atoms with Gasteiger partial charge >= 0.3 is 0 Å². The number of benzene rings is 2. The van der Waals surface area contributed by atoms with Gasteiger partial charge in [-0.2, -0.15) is 0 Å². The Morgan fingerprint density at radius 1 is 0.786 bits per heavy atom. The zero-order chi connectivity index (χ0) is 18.9. The molecule has 2 nitrogen and oxygen atoms in total. The second kappa shape index (κ2) is 7.81. The minimum atomic E-state index is 0.414. The Balaban J connectivity index is 1.48. The highest BCUT2D eigenvalue weighted by atomic mass is 16.3. The number of aryl methyl sites for hydroxylation is 1. The van der Waals surface area contributed by atoms with E-state index < -0.39 is 0 Å². The molecule has 0 unspecified atom stereocenters. The van der Waals surface area contributed by atoms with Gasteiger partial charge in [0.2, 0.25) is 0 Å². The molecule has 28 heavy (non-hydrogen) atoms. The van der Waals surface area contributed by atoms with Crippen LogP contribution in [0.25, 0.3) is 0 Å². The highest BCUT2D eigenvalue weighted by Gasteiger charge is 2.37. The number of nitrogens with zero attached hydrogens (tertiary/aromatic N) is 1. The van der Waals surface area contributed by atoms with E-state index in [-0.39, 0.29) is 0 Å². The van der Waals surface area contributed by atoms with Gasteiger partial charge in [-0.3, -0.25) is 0 Å². The predicted octanol–water partition coefficient (Wildman–Crippen LogP) is 6.27. The molecule has 1 saturated carbocycles. The summed E-state index contributed by atoms with van der Waals surface area (Å²) in [5.74, 6) is 2.52. The summed E-state index contributed by atoms with van der Waals surface area (Å²) in [5.41, 5.74) is 5.69. The molecule has 2 aromatic rings. The van der Waals surface area contributed by atoms with Gasteiger partial charge < -0.3 is 10.0 Å². The third-order valence-corrected chi connectivity index (χ3v) is 7.62. The first-order chi connectivity index (χ1) is 13.8. The first-order valence-corrected chi connectivity index (χ1v) is 11.5. The fourth-order valence-corrected chi connectivity index (χ4v) is 6.20. The average molecular weight is 376 g/mol. The van der Waals surface area contributed by atoms with E-state index in [1.165, 1.54) is 86.8 Å². The zero-order valence-corrected chi connectivity index (χ0v) is 16.9. The number of phenols is 1. The van der Waals surface area contributed by atoms with Crippen LogP contribution in [0.3, 0.4) is 0 Å². The number of fused-ring (bicyclic) bond motifs is 1. The summed E-state index contributed by atoms with van der Waals surface area (Å²) >= 11 is 0. The molecule has 0 bridgehead atoms. The normalized spacial score (nSPS) is 25.6. The molecule has 2 aromatic carbocycles. The Morgan fingerprint density at radius 2 is 1.54 bits per heavy atom. The van der Waals surface area contributed by atoms with Gasteiger partial charge in [-0.05, 0) is 84.9 Å². The molecule has 3 aliphatic rings. The van der Waals surface area contributed by atoms with E-state index in [0.717, 1.165) is 18.3 Å². The largest absolute Gasteiger partial charge is 0.508 e. The topological polar surface area (TPSA) is 23.5 Å². The maximum Gasteiger partial charge on any atom is 0.115 e. The van der Waals surface area contributed by atoms with Crippen LogP contribution in [0.15, 0.2) is 42.5 Å². The van der Waals surface area contributed by atoms with E-state index >= 15 is 0 Å². The summed E-state index contributed by atoms with van der Waals surface area (Å²) in [6.07, 6.45) is 12.0. The van der Waals surface area contributed by atoms with Crippen molar-refractivity contribution in [3.05, 3.63) is 59.2 Å². The second-order valence-corrected chi connectivity index (χ2v) is 9.25. The van der Waals surface area contributed by atoms with Crippen molar-refractivity contribution in [2.24, 2.45) is 11.8 Å². The van der Waals surface area contributed by atoms with Gasteiger partial charge in [-0.1, -0.05) is 43.9 Å². The van der Waals surface area contributed by atoms with E-state index in [1.807, 2.05) is 12.1 Å². The Morgan fingerprint density at radius 3 is 2.29 bits per heavy atom. The van der Waals surface area contributed by atoms with Crippen molar-refractivity contribution in [2.45, 2.75) is 63.7 Å². The number of phenolic OH excluding ortho intramolecular Hbond substituents is 1. The lowest BCUT2D eigenvalue weighted by atomic mass is 9.66. The number of hydrogen-bond acceptors (Lipinski definition) is 2. The molecule has 0 amide bonds. The van der Waals surface area contributed by atoms with Crippen molar-refractivity contribution in [3.8, 4) is 5.75 Å². The smallest absolute Gasteiger partial charge is 0.115 e. The van der Waals surface area contributed by atoms with Gasteiger partial charge in [0.15, 0.2) is 0 Å². The molecule has 1 heterocycles. The maximum atomic E-state index is 10.00. The Labute approximate surface area is 169 Å². The van der Waals surface area contributed by atoms with Gasteiger partial charge in [-0.25, -0.2) is 0 Å². The van der Waals surface area contributed by atoms with Crippen LogP contribution >= 0.6 is 0 Å². The predicted molar refractivity (Wildman–Crippen MR) is 116 cm³/mol. The van der Waals surface area contributed by atoms with E-state index in [4.69, 9.17) is 0 Å². The van der Waals surface area contributed by atoms with Gasteiger partial charge in [0.25, 0.3) is 0 Å². The van der Waals surface area contributed by atoms with Crippen molar-refractivity contribution in [1.29, 1.82) is 0 Å². The van der Waals surface area contributed by atoms with Crippen LogP contribution in [0.2, 0.25) is 0 Å². The van der Waals surface area contributed by atoms with Gasteiger partial charge in [0, 0.05) is 24.7 Å². The van der Waals surface area contributed by atoms with Crippen LogP contribution in [-0.4, -0.2) is 18.2 Å². The van der Waals surface area contributed by atoms with Crippen LogP contribution in [0.4, 0.5) is 5.69 Å². The Hall–Kier alpha value is -1.96. The molecule has 1 saturated heterocycles. The number of rotatable bonds is 3. The van der Waals surface area contributed by atoms with Crippen molar-refractivity contribution >= 4 is 5.69 Å². The highest BCUT2D eigenvalue weighted by molar-refractivity contribution is 5.51. The summed E-state index contributed by atoms with van der Waals surface area (Å²) in [4.78, 5) is 2.55. The Bertz CT molecular complexity index is 800. The van der Waals surface area contributed by atoms with E-state index in [2.05, 4.69) is 35.2 Å². The SMILES string of the molecule is Oc1ccc2c(c1)CC[C@H](C1CCCC1)[C@@H]2c1ccc(N2CCCCC2)cc1. The number of aromatic hydroxyl groups is 1. The molecule has 2 atom stereocenters. The molecule has 1 N–H and O–H groups in total. The van der Waals surface area contributed by atoms with Crippen molar-refractivity contribution in [1.82, 2.24) is 0 Å². The summed E-state index contributed by atoms with van der Waals surface area (Å²) in [7, 11) is 0. The lowest BCUT2D eigenvalue weighted by molar-refractivity contribution is 0.274. The summed E-state index contributed by atoms with van der Waals surface area (Å²) in [6, 6.07) is 15.6. The molecule has 2 fully saturated rings. The van der Waals surface area contributed by atoms with Gasteiger partial charge in [-0.15, -0.1) is 0 Å². The molecule has 148 valence electrons. The molecule has 2 heteroatoms. The third-order valence-electron chi connectivity index (χ3n) is 7.62. The first-order valence-electron chi connectivity index (χ1n) is 11.5. The average Bonchev–Trinajstić information content (AvgIpc) is 3.28. The van der Waals surface area contributed by atoms with E-state index in [0.29, 0.717) is 11.7 Å². The molecule has 5 rings (SSSR count). The first kappa shape index (κ1) is 18.1. The van der Waals surface area contributed by atoms with Crippen molar-refractivity contribution < 1.29 is 5.11 Å². The minimum absolute atomic E-state index is 0.414. The lowest BCUT2D eigenvalue weighted by Gasteiger charge is -2.38. The fourth-order valence-electron chi connectivity index (χ4n) is 6.20. The lowest BCUT2D eigenvalue weighted by Crippen LogP contribution is -2.29. The van der Waals surface area contributed by atoms with Crippen LogP contribution in [0, 0.1) is 11.8 Å². The van der Waals surface area contributed by atoms with E-state index in [9.17, 15) is 5.11 Å². The summed E-state index contributed by atoms with van der Waals surface area (Å²) in [6.45, 7) is 2.41. The molecular weight excluding hydrogens is 342 g/mol. The summed E-state index contributed by atoms with van der Waals surface area (Å²) in [5, 5.41) is 10.00. The quantitative estimate of drug-likeness (QED) is 0.684. The molecule has 2 aliphatic carbocycles. The number of hydrogen-bond donors (Lipinski definition) is 1. The maximum absolute atomic E-state index is 10.00. The number of anilines is 1. The zero-order valence-electron chi connectivity index (χ0n) is 16.9. The van der Waals surface area contributed by atoms with Crippen LogP contribution < -0.4 is 4.90 Å². The summed E-state index contributed by atoms with van der Waals surface area (Å²) < 4.78 is 0. The third kappa shape index (κ3) is 3.43. The van der Waals surface area contributed by atoms with Crippen molar-refractivity contribution in [2.75, 3.05) is 18.0 Å². The van der Waals surface area contributed by atoms with Crippen LogP contribution in [0.1, 0.15) is 74.0 Å².